The molecule has 0 aliphatic rings. The largest absolute Gasteiger partial charge is 0.240 e. The van der Waals surface area contributed by atoms with Crippen LogP contribution in [0.4, 0.5) is 4.39 Å². The van der Waals surface area contributed by atoms with Gasteiger partial charge in [-0.1, -0.05) is 29.8 Å². The molecule has 0 saturated carbocycles. The molecule has 0 spiro atoms. The molecule has 2 aromatic carbocycles. The van der Waals surface area contributed by atoms with E-state index in [0.29, 0.717) is 5.02 Å². The van der Waals surface area contributed by atoms with Crippen LogP contribution in [0.3, 0.4) is 0 Å². The minimum Gasteiger partial charge on any atom is -0.222 e. The number of benzene rings is 2. The quantitative estimate of drug-likeness (QED) is 0.578. The molecule has 0 fully saturated rings. The fraction of sp³-hybridized carbons (Fsp3) is 0.111. The third kappa shape index (κ3) is 4.61. The van der Waals surface area contributed by atoms with Crippen LogP contribution in [0.2, 0.25) is 5.02 Å². The van der Waals surface area contributed by atoms with Crippen LogP contribution in [0.1, 0.15) is 10.8 Å². The fourth-order valence-electron chi connectivity index (χ4n) is 2.53. The second-order valence-electron chi connectivity index (χ2n) is 5.82. The van der Waals surface area contributed by atoms with Gasteiger partial charge in [0.05, 0.1) is 4.90 Å². The SMILES string of the molecule is O=S(=O)(NCC(c1ccc(F)cc1)S(=O)(=O)c1cccs1)c1ccc(Cl)cc1. The standard InChI is InChI=1S/C18H15ClFNO4S3/c19-14-5-9-16(10-6-14)28(24,25)21-12-17(13-3-7-15(20)8-4-13)27(22,23)18-2-1-11-26-18/h1-11,17,21H,12H2. The van der Waals surface area contributed by atoms with Gasteiger partial charge in [0, 0.05) is 11.6 Å². The summed E-state index contributed by atoms with van der Waals surface area (Å²) < 4.78 is 66.9. The molecule has 0 saturated heterocycles. The topological polar surface area (TPSA) is 80.3 Å². The molecule has 1 atom stereocenters. The summed E-state index contributed by atoms with van der Waals surface area (Å²) in [7, 11) is -7.85. The first kappa shape index (κ1) is 20.9. The Morgan fingerprint density at radius 2 is 1.61 bits per heavy atom. The molecule has 1 N–H and O–H groups in total. The highest BCUT2D eigenvalue weighted by Crippen LogP contribution is 2.31. The van der Waals surface area contributed by atoms with Crippen LogP contribution in [0.5, 0.6) is 0 Å². The van der Waals surface area contributed by atoms with Gasteiger partial charge in [-0.3, -0.25) is 0 Å². The van der Waals surface area contributed by atoms with E-state index in [0.717, 1.165) is 23.5 Å². The van der Waals surface area contributed by atoms with Gasteiger partial charge in [0.2, 0.25) is 10.0 Å². The Hall–Kier alpha value is -1.78. The summed E-state index contributed by atoms with van der Waals surface area (Å²) in [4.78, 5) is -0.0386. The van der Waals surface area contributed by atoms with Gasteiger partial charge in [-0.05, 0) is 53.4 Å². The second-order valence-corrected chi connectivity index (χ2v) is 11.3. The minimum absolute atomic E-state index is 0.0386. The third-order valence-corrected chi connectivity index (χ3v) is 9.20. The van der Waals surface area contributed by atoms with E-state index < -0.39 is 37.5 Å². The van der Waals surface area contributed by atoms with Crippen molar-refractivity contribution in [2.24, 2.45) is 0 Å². The number of halogens is 2. The summed E-state index contributed by atoms with van der Waals surface area (Å²) in [6.45, 7) is -0.406. The summed E-state index contributed by atoms with van der Waals surface area (Å²) in [5.74, 6) is -0.516. The van der Waals surface area contributed by atoms with Crippen LogP contribution in [0.25, 0.3) is 0 Å². The maximum absolute atomic E-state index is 13.3. The van der Waals surface area contributed by atoms with Crippen molar-refractivity contribution in [2.75, 3.05) is 6.54 Å². The summed E-state index contributed by atoms with van der Waals surface area (Å²) in [6, 6.07) is 13.5. The maximum Gasteiger partial charge on any atom is 0.240 e. The summed E-state index contributed by atoms with van der Waals surface area (Å²) in [5, 5.41) is 0.782. The van der Waals surface area contributed by atoms with Crippen LogP contribution >= 0.6 is 22.9 Å². The summed E-state index contributed by atoms with van der Waals surface area (Å²) >= 11 is 6.81. The lowest BCUT2D eigenvalue weighted by atomic mass is 10.1. The molecule has 1 heterocycles. The van der Waals surface area contributed by atoms with Crippen molar-refractivity contribution < 1.29 is 21.2 Å². The van der Waals surface area contributed by atoms with E-state index in [1.54, 1.807) is 11.4 Å². The van der Waals surface area contributed by atoms with Gasteiger partial charge < -0.3 is 0 Å². The van der Waals surface area contributed by atoms with Crippen molar-refractivity contribution in [3.05, 3.63) is 82.4 Å². The molecule has 1 unspecified atom stereocenters. The molecule has 3 rings (SSSR count). The van der Waals surface area contributed by atoms with Crippen LogP contribution in [0, 0.1) is 5.82 Å². The van der Waals surface area contributed by atoms with E-state index in [9.17, 15) is 21.2 Å². The van der Waals surface area contributed by atoms with Crippen molar-refractivity contribution >= 4 is 42.8 Å². The fourth-order valence-corrected chi connectivity index (χ4v) is 6.68. The highest BCUT2D eigenvalue weighted by atomic mass is 35.5. The number of thiophene rings is 1. The van der Waals surface area contributed by atoms with E-state index in [1.807, 2.05) is 0 Å². The molecular weight excluding hydrogens is 445 g/mol. The number of rotatable bonds is 7. The van der Waals surface area contributed by atoms with E-state index in [-0.39, 0.29) is 14.7 Å². The van der Waals surface area contributed by atoms with Gasteiger partial charge in [0.1, 0.15) is 15.3 Å². The van der Waals surface area contributed by atoms with Gasteiger partial charge in [-0.25, -0.2) is 25.9 Å². The van der Waals surface area contributed by atoms with Gasteiger partial charge in [-0.2, -0.15) is 0 Å². The summed E-state index contributed by atoms with van der Waals surface area (Å²) in [5.41, 5.74) is 0.286. The molecule has 10 heteroatoms. The number of sulfonamides is 1. The second kappa shape index (κ2) is 8.30. The lowest BCUT2D eigenvalue weighted by molar-refractivity contribution is 0.569. The Balaban J connectivity index is 1.94. The smallest absolute Gasteiger partial charge is 0.222 e. The lowest BCUT2D eigenvalue weighted by Crippen LogP contribution is -2.31. The molecule has 3 aromatic rings. The molecule has 0 aliphatic heterocycles. The van der Waals surface area contributed by atoms with Gasteiger partial charge in [-0.15, -0.1) is 11.3 Å². The number of sulfone groups is 1. The van der Waals surface area contributed by atoms with Crippen molar-refractivity contribution in [3.8, 4) is 0 Å². The Labute approximate surface area is 171 Å². The van der Waals surface area contributed by atoms with E-state index >= 15 is 0 Å². The monoisotopic (exact) mass is 459 g/mol. The van der Waals surface area contributed by atoms with Gasteiger partial charge in [0.15, 0.2) is 9.84 Å². The third-order valence-electron chi connectivity index (χ3n) is 3.97. The van der Waals surface area contributed by atoms with E-state index in [1.165, 1.54) is 42.5 Å². The zero-order chi connectivity index (χ0) is 20.4. The first-order valence-electron chi connectivity index (χ1n) is 7.98. The zero-order valence-corrected chi connectivity index (χ0v) is 17.5. The Morgan fingerprint density at radius 1 is 0.964 bits per heavy atom. The Kier molecular flexibility index (Phi) is 6.21. The van der Waals surface area contributed by atoms with Crippen LogP contribution in [0.15, 0.2) is 75.1 Å². The predicted molar refractivity (Wildman–Crippen MR) is 107 cm³/mol. The number of hydrogen-bond donors (Lipinski definition) is 1. The highest BCUT2D eigenvalue weighted by Gasteiger charge is 2.31. The number of hydrogen-bond acceptors (Lipinski definition) is 5. The average molecular weight is 460 g/mol. The van der Waals surface area contributed by atoms with Crippen LogP contribution < -0.4 is 4.72 Å². The molecule has 28 heavy (non-hydrogen) atoms. The first-order valence-corrected chi connectivity index (χ1v) is 12.3. The minimum atomic E-state index is -3.96. The molecular formula is C18H15ClFNO4S3. The molecule has 1 aromatic heterocycles. The van der Waals surface area contributed by atoms with E-state index in [4.69, 9.17) is 11.6 Å². The molecule has 0 amide bonds. The Morgan fingerprint density at radius 3 is 2.18 bits per heavy atom. The van der Waals surface area contributed by atoms with Crippen molar-refractivity contribution in [3.63, 3.8) is 0 Å². The highest BCUT2D eigenvalue weighted by molar-refractivity contribution is 7.93. The average Bonchev–Trinajstić information content (AvgIpc) is 3.19. The zero-order valence-electron chi connectivity index (χ0n) is 14.2. The van der Waals surface area contributed by atoms with Crippen molar-refractivity contribution in [1.29, 1.82) is 0 Å². The van der Waals surface area contributed by atoms with Crippen molar-refractivity contribution in [2.45, 2.75) is 14.4 Å². The van der Waals surface area contributed by atoms with Crippen molar-refractivity contribution in [1.82, 2.24) is 4.72 Å². The molecule has 148 valence electrons. The molecule has 5 nitrogen and oxygen atoms in total. The predicted octanol–water partition coefficient (Wildman–Crippen LogP) is 4.03. The summed E-state index contributed by atoms with van der Waals surface area (Å²) in [6.07, 6.45) is 0. The first-order chi connectivity index (χ1) is 13.2. The number of nitrogens with one attached hydrogen (secondary N) is 1. The molecule has 0 radical (unpaired) electrons. The molecule has 0 aliphatic carbocycles. The van der Waals surface area contributed by atoms with Gasteiger partial charge >= 0.3 is 0 Å². The Bertz CT molecular complexity index is 1140. The van der Waals surface area contributed by atoms with Crippen LogP contribution in [-0.4, -0.2) is 23.4 Å². The molecule has 0 bridgehead atoms. The lowest BCUT2D eigenvalue weighted by Gasteiger charge is -2.18. The maximum atomic E-state index is 13.3. The van der Waals surface area contributed by atoms with E-state index in [2.05, 4.69) is 4.72 Å². The van der Waals surface area contributed by atoms with Crippen LogP contribution in [-0.2, 0) is 19.9 Å². The normalized spacial score (nSPS) is 13.4. The van der Waals surface area contributed by atoms with Gasteiger partial charge in [0.25, 0.3) is 0 Å².